The van der Waals surface area contributed by atoms with Crippen LogP contribution in [0.2, 0.25) is 0 Å². The number of benzene rings is 2. The van der Waals surface area contributed by atoms with Crippen molar-refractivity contribution in [3.8, 4) is 17.0 Å². The zero-order chi connectivity index (χ0) is 23.9. The third-order valence-electron chi connectivity index (χ3n) is 5.88. The van der Waals surface area contributed by atoms with E-state index in [0.29, 0.717) is 63.2 Å². The molecule has 1 aliphatic heterocycles. The van der Waals surface area contributed by atoms with E-state index < -0.39 is 0 Å². The van der Waals surface area contributed by atoms with Gasteiger partial charge in [0.25, 0.3) is 5.91 Å². The van der Waals surface area contributed by atoms with Crippen LogP contribution in [0.25, 0.3) is 11.3 Å². The van der Waals surface area contributed by atoms with Crippen molar-refractivity contribution in [2.24, 2.45) is 0 Å². The molecule has 0 radical (unpaired) electrons. The Balaban J connectivity index is 1.72. The lowest BCUT2D eigenvalue weighted by Crippen LogP contribution is -2.38. The first-order valence-corrected chi connectivity index (χ1v) is 11.4. The number of carbonyl (C=O) groups is 1. The van der Waals surface area contributed by atoms with E-state index in [0.717, 1.165) is 22.4 Å². The highest BCUT2D eigenvalue weighted by Crippen LogP contribution is 2.33. The van der Waals surface area contributed by atoms with Crippen LogP contribution in [0, 0.1) is 6.92 Å². The average Bonchev–Trinajstić information content (AvgIpc) is 3.30. The maximum Gasteiger partial charge on any atom is 0.254 e. The van der Waals surface area contributed by atoms with Gasteiger partial charge < -0.3 is 28.5 Å². The number of hydrogen-bond donors (Lipinski definition) is 0. The summed E-state index contributed by atoms with van der Waals surface area (Å²) in [7, 11) is 3.22. The van der Waals surface area contributed by atoms with Crippen LogP contribution in [0.1, 0.15) is 21.5 Å². The molecule has 0 unspecified atom stereocenters. The number of aromatic nitrogens is 1. The van der Waals surface area contributed by atoms with Crippen LogP contribution >= 0.6 is 0 Å². The smallest absolute Gasteiger partial charge is 0.254 e. The first-order valence-electron chi connectivity index (χ1n) is 11.4. The molecule has 1 amide bonds. The fourth-order valence-corrected chi connectivity index (χ4v) is 4.06. The molecule has 4 rings (SSSR count). The molecule has 2 aromatic carbocycles. The van der Waals surface area contributed by atoms with Gasteiger partial charge in [0.2, 0.25) is 5.88 Å². The fourth-order valence-electron chi connectivity index (χ4n) is 4.06. The number of aryl methyl sites for hydroxylation is 1. The number of rotatable bonds is 9. The number of nitrogens with zero attached hydrogens (tertiary/aromatic N) is 3. The van der Waals surface area contributed by atoms with Crippen molar-refractivity contribution in [1.29, 1.82) is 0 Å². The standard InChI is InChI=1S/C26H31N3O5/c1-19-6-4-7-20(16-19)24-23(26(34-27-24)28-11-14-33-15-12-28)18-29(10-13-31-2)25(30)21-8-5-9-22(17-21)32-3/h4-9,16-17H,10-15,18H2,1-3H3. The molecule has 0 atom stereocenters. The van der Waals surface area contributed by atoms with Crippen molar-refractivity contribution in [2.75, 3.05) is 58.6 Å². The molecule has 1 fully saturated rings. The molecule has 2 heterocycles. The number of methoxy groups -OCH3 is 2. The number of hydrogen-bond acceptors (Lipinski definition) is 7. The van der Waals surface area contributed by atoms with Crippen LogP contribution < -0.4 is 9.64 Å². The highest BCUT2D eigenvalue weighted by Gasteiger charge is 2.27. The SMILES string of the molecule is COCCN(Cc1c(-c2cccc(C)c2)noc1N1CCOCC1)C(=O)c1cccc(OC)c1. The van der Waals surface area contributed by atoms with Crippen molar-refractivity contribution in [3.63, 3.8) is 0 Å². The van der Waals surface area contributed by atoms with Gasteiger partial charge in [-0.15, -0.1) is 0 Å². The molecular formula is C26H31N3O5. The van der Waals surface area contributed by atoms with Crippen molar-refractivity contribution >= 4 is 11.8 Å². The van der Waals surface area contributed by atoms with E-state index in [1.54, 1.807) is 31.3 Å². The van der Waals surface area contributed by atoms with Crippen molar-refractivity contribution in [2.45, 2.75) is 13.5 Å². The van der Waals surface area contributed by atoms with Gasteiger partial charge in [-0.3, -0.25) is 4.79 Å². The molecule has 0 N–H and O–H groups in total. The number of carbonyl (C=O) groups excluding carboxylic acids is 1. The zero-order valence-corrected chi connectivity index (χ0v) is 20.0. The Bertz CT molecular complexity index is 1110. The van der Waals surface area contributed by atoms with Crippen molar-refractivity contribution in [1.82, 2.24) is 10.1 Å². The summed E-state index contributed by atoms with van der Waals surface area (Å²) in [5.41, 5.74) is 4.25. The predicted octanol–water partition coefficient (Wildman–Crippen LogP) is 3.78. The summed E-state index contributed by atoms with van der Waals surface area (Å²) in [6.07, 6.45) is 0. The quantitative estimate of drug-likeness (QED) is 0.476. The summed E-state index contributed by atoms with van der Waals surface area (Å²) in [5.74, 6) is 1.21. The minimum Gasteiger partial charge on any atom is -0.497 e. The summed E-state index contributed by atoms with van der Waals surface area (Å²) >= 11 is 0. The average molecular weight is 466 g/mol. The highest BCUT2D eigenvalue weighted by atomic mass is 16.5. The Labute approximate surface area is 200 Å². The van der Waals surface area contributed by atoms with E-state index in [2.05, 4.69) is 16.1 Å². The van der Waals surface area contributed by atoms with Gasteiger partial charge >= 0.3 is 0 Å². The Hall–Kier alpha value is -3.36. The molecule has 0 spiro atoms. The second-order valence-electron chi connectivity index (χ2n) is 8.24. The lowest BCUT2D eigenvalue weighted by molar-refractivity contribution is 0.0680. The first-order chi connectivity index (χ1) is 16.6. The molecule has 1 saturated heterocycles. The minimum atomic E-state index is -0.111. The van der Waals surface area contributed by atoms with E-state index in [-0.39, 0.29) is 5.91 Å². The van der Waals surface area contributed by atoms with Crippen LogP contribution in [-0.4, -0.2) is 69.6 Å². The first kappa shape index (κ1) is 23.8. The molecule has 8 nitrogen and oxygen atoms in total. The lowest BCUT2D eigenvalue weighted by Gasteiger charge is -2.28. The van der Waals surface area contributed by atoms with Gasteiger partial charge in [0.15, 0.2) is 0 Å². The van der Waals surface area contributed by atoms with Crippen LogP contribution in [0.15, 0.2) is 53.1 Å². The van der Waals surface area contributed by atoms with Crippen LogP contribution in [0.4, 0.5) is 5.88 Å². The van der Waals surface area contributed by atoms with Gasteiger partial charge in [0, 0.05) is 37.9 Å². The molecule has 0 bridgehead atoms. The van der Waals surface area contributed by atoms with Crippen LogP contribution in [0.5, 0.6) is 5.75 Å². The fraction of sp³-hybridized carbons (Fsp3) is 0.385. The van der Waals surface area contributed by atoms with Crippen molar-refractivity contribution < 1.29 is 23.5 Å². The van der Waals surface area contributed by atoms with Gasteiger partial charge in [-0.05, 0) is 31.2 Å². The van der Waals surface area contributed by atoms with Gasteiger partial charge in [0.05, 0.1) is 39.0 Å². The number of morpholine rings is 1. The van der Waals surface area contributed by atoms with Crippen LogP contribution in [0.3, 0.4) is 0 Å². The maximum atomic E-state index is 13.6. The van der Waals surface area contributed by atoms with Gasteiger partial charge in [-0.25, -0.2) is 0 Å². The monoisotopic (exact) mass is 465 g/mol. The highest BCUT2D eigenvalue weighted by molar-refractivity contribution is 5.94. The number of amides is 1. The summed E-state index contributed by atoms with van der Waals surface area (Å²) in [4.78, 5) is 17.5. The van der Waals surface area contributed by atoms with E-state index in [4.69, 9.17) is 18.7 Å². The molecule has 0 aliphatic carbocycles. The largest absolute Gasteiger partial charge is 0.497 e. The van der Waals surface area contributed by atoms with Gasteiger partial charge in [-0.1, -0.05) is 35.0 Å². The van der Waals surface area contributed by atoms with Gasteiger partial charge in [-0.2, -0.15) is 0 Å². The van der Waals surface area contributed by atoms with E-state index >= 15 is 0 Å². The summed E-state index contributed by atoms with van der Waals surface area (Å²) < 4.78 is 22.0. The second kappa shape index (κ2) is 11.2. The molecule has 8 heteroatoms. The van der Waals surface area contributed by atoms with Crippen LogP contribution in [-0.2, 0) is 16.0 Å². The molecule has 180 valence electrons. The molecule has 0 saturated carbocycles. The Morgan fingerprint density at radius 1 is 1.12 bits per heavy atom. The minimum absolute atomic E-state index is 0.111. The van der Waals surface area contributed by atoms with Crippen molar-refractivity contribution in [3.05, 3.63) is 65.2 Å². The maximum absolute atomic E-state index is 13.6. The summed E-state index contributed by atoms with van der Waals surface area (Å²) in [5, 5.41) is 4.45. The summed E-state index contributed by atoms with van der Waals surface area (Å²) in [6.45, 7) is 5.87. The topological polar surface area (TPSA) is 77.3 Å². The molecule has 1 aliphatic rings. The molecule has 3 aromatic rings. The normalized spacial score (nSPS) is 13.7. The summed E-state index contributed by atoms with van der Waals surface area (Å²) in [6, 6.07) is 15.3. The number of ether oxygens (including phenoxy) is 3. The number of anilines is 1. The third-order valence-corrected chi connectivity index (χ3v) is 5.88. The lowest BCUT2D eigenvalue weighted by atomic mass is 10.0. The Morgan fingerprint density at radius 3 is 2.65 bits per heavy atom. The Morgan fingerprint density at radius 2 is 1.91 bits per heavy atom. The second-order valence-corrected chi connectivity index (χ2v) is 8.24. The van der Waals surface area contributed by atoms with E-state index in [1.165, 1.54) is 0 Å². The Kier molecular flexibility index (Phi) is 7.82. The molecular weight excluding hydrogens is 434 g/mol. The van der Waals surface area contributed by atoms with E-state index in [1.807, 2.05) is 37.3 Å². The van der Waals surface area contributed by atoms with E-state index in [9.17, 15) is 4.79 Å². The third kappa shape index (κ3) is 5.40. The predicted molar refractivity (Wildman–Crippen MR) is 129 cm³/mol. The van der Waals surface area contributed by atoms with Gasteiger partial charge in [0.1, 0.15) is 11.4 Å². The molecule has 1 aromatic heterocycles. The zero-order valence-electron chi connectivity index (χ0n) is 20.0. The molecule has 34 heavy (non-hydrogen) atoms.